The zero-order valence-corrected chi connectivity index (χ0v) is 11.0. The Kier molecular flexibility index (Phi) is 3.23. The molecule has 0 saturated heterocycles. The van der Waals surface area contributed by atoms with Crippen molar-refractivity contribution in [1.29, 1.82) is 0 Å². The van der Waals surface area contributed by atoms with Crippen LogP contribution in [-0.2, 0) is 4.79 Å². The molecule has 0 aliphatic carbocycles. The van der Waals surface area contributed by atoms with Crippen molar-refractivity contribution in [2.24, 2.45) is 0 Å². The lowest BCUT2D eigenvalue weighted by molar-refractivity contribution is -0.675. The summed E-state index contributed by atoms with van der Waals surface area (Å²) >= 11 is 6.09. The molecular weight excluding hydrogens is 260 g/mol. The van der Waals surface area contributed by atoms with Gasteiger partial charge in [0.05, 0.1) is 5.69 Å². The summed E-state index contributed by atoms with van der Waals surface area (Å²) in [7, 11) is 0. The number of anilines is 1. The maximum Gasteiger partial charge on any atom is 0.279 e. The van der Waals surface area contributed by atoms with Gasteiger partial charge in [-0.25, -0.2) is 0 Å². The molecule has 0 bridgehead atoms. The Balaban J connectivity index is 2.11. The number of nitrogens with two attached hydrogens (primary N) is 1. The number of hydrogen-bond acceptors (Lipinski definition) is 1. The molecule has 2 aromatic rings. The Morgan fingerprint density at radius 3 is 2.74 bits per heavy atom. The highest BCUT2D eigenvalue weighted by molar-refractivity contribution is 6.30. The van der Waals surface area contributed by atoms with Crippen molar-refractivity contribution < 1.29 is 10.1 Å². The fourth-order valence-electron chi connectivity index (χ4n) is 2.43. The van der Waals surface area contributed by atoms with Crippen LogP contribution in [0.1, 0.15) is 17.2 Å². The monoisotopic (exact) mass is 273 g/mol. The minimum absolute atomic E-state index is 0.0157. The van der Waals surface area contributed by atoms with E-state index in [2.05, 4.69) is 17.4 Å². The molecule has 1 aliphatic heterocycles. The molecule has 1 aliphatic rings. The molecule has 3 nitrogen and oxygen atoms in total. The van der Waals surface area contributed by atoms with Gasteiger partial charge in [0.15, 0.2) is 6.54 Å². The summed E-state index contributed by atoms with van der Waals surface area (Å²) in [5.74, 6) is 0.0157. The van der Waals surface area contributed by atoms with Crippen LogP contribution >= 0.6 is 11.6 Å². The third-order valence-electron chi connectivity index (χ3n) is 3.32. The number of amides is 1. The van der Waals surface area contributed by atoms with Crippen LogP contribution in [0, 0.1) is 0 Å². The van der Waals surface area contributed by atoms with Gasteiger partial charge in [-0.2, -0.15) is 0 Å². The van der Waals surface area contributed by atoms with E-state index >= 15 is 0 Å². The molecule has 19 heavy (non-hydrogen) atoms. The number of hydrogen-bond donors (Lipinski definition) is 2. The minimum Gasteiger partial charge on any atom is -0.328 e. The van der Waals surface area contributed by atoms with Crippen molar-refractivity contribution in [3.05, 3.63) is 64.7 Å². The van der Waals surface area contributed by atoms with Gasteiger partial charge in [-0.05, 0) is 18.2 Å². The molecule has 1 atom stereocenters. The molecule has 0 saturated carbocycles. The van der Waals surface area contributed by atoms with E-state index in [1.165, 1.54) is 5.56 Å². The highest BCUT2D eigenvalue weighted by Crippen LogP contribution is 2.29. The van der Waals surface area contributed by atoms with E-state index in [1.54, 1.807) is 6.07 Å². The van der Waals surface area contributed by atoms with Crippen molar-refractivity contribution in [3.63, 3.8) is 0 Å². The third-order valence-corrected chi connectivity index (χ3v) is 3.56. The molecular formula is C15H14ClN2O+. The van der Waals surface area contributed by atoms with E-state index in [9.17, 15) is 4.79 Å². The van der Waals surface area contributed by atoms with Crippen LogP contribution < -0.4 is 10.6 Å². The molecule has 1 heterocycles. The zero-order valence-electron chi connectivity index (χ0n) is 10.3. The molecule has 0 radical (unpaired) electrons. The van der Waals surface area contributed by atoms with Crippen molar-refractivity contribution in [3.8, 4) is 0 Å². The number of rotatable bonds is 1. The fraction of sp³-hybridized carbons (Fsp3) is 0.133. The Morgan fingerprint density at radius 2 is 1.95 bits per heavy atom. The SMILES string of the molecule is O=C1C[NH2+][C@@H](c2ccccc2)c2cc(Cl)ccc2N1. The highest BCUT2D eigenvalue weighted by Gasteiger charge is 2.26. The van der Waals surface area contributed by atoms with E-state index in [4.69, 9.17) is 11.6 Å². The van der Waals surface area contributed by atoms with Gasteiger partial charge in [-0.15, -0.1) is 0 Å². The summed E-state index contributed by atoms with van der Waals surface area (Å²) in [5, 5.41) is 5.64. The van der Waals surface area contributed by atoms with Gasteiger partial charge in [-0.1, -0.05) is 41.9 Å². The Morgan fingerprint density at radius 1 is 1.16 bits per heavy atom. The van der Waals surface area contributed by atoms with Crippen molar-refractivity contribution in [2.75, 3.05) is 11.9 Å². The first-order valence-electron chi connectivity index (χ1n) is 6.21. The first-order chi connectivity index (χ1) is 9.24. The fourth-order valence-corrected chi connectivity index (χ4v) is 2.61. The molecule has 0 aromatic heterocycles. The molecule has 96 valence electrons. The topological polar surface area (TPSA) is 45.7 Å². The second-order valence-electron chi connectivity index (χ2n) is 4.61. The van der Waals surface area contributed by atoms with Crippen LogP contribution in [0.2, 0.25) is 5.02 Å². The first kappa shape index (κ1) is 12.2. The van der Waals surface area contributed by atoms with Crippen molar-refractivity contribution in [2.45, 2.75) is 6.04 Å². The number of fused-ring (bicyclic) bond motifs is 1. The van der Waals surface area contributed by atoms with E-state index in [-0.39, 0.29) is 11.9 Å². The molecule has 3 rings (SSSR count). The van der Waals surface area contributed by atoms with Gasteiger partial charge in [0.2, 0.25) is 0 Å². The van der Waals surface area contributed by atoms with Gasteiger partial charge in [0, 0.05) is 16.1 Å². The number of benzene rings is 2. The van der Waals surface area contributed by atoms with Crippen molar-refractivity contribution >= 4 is 23.2 Å². The summed E-state index contributed by atoms with van der Waals surface area (Å²) in [6.07, 6.45) is 0. The molecule has 3 N–H and O–H groups in total. The summed E-state index contributed by atoms with van der Waals surface area (Å²) in [6, 6.07) is 15.8. The summed E-state index contributed by atoms with van der Waals surface area (Å²) < 4.78 is 0. The number of quaternary nitrogens is 1. The van der Waals surface area contributed by atoms with E-state index in [0.717, 1.165) is 11.3 Å². The quantitative estimate of drug-likeness (QED) is 0.820. The predicted molar refractivity (Wildman–Crippen MR) is 75.2 cm³/mol. The molecule has 2 aromatic carbocycles. The number of halogens is 1. The van der Waals surface area contributed by atoms with Gasteiger partial charge < -0.3 is 10.6 Å². The van der Waals surface area contributed by atoms with Gasteiger partial charge in [-0.3, -0.25) is 4.79 Å². The Labute approximate surface area is 116 Å². The number of carbonyl (C=O) groups excluding carboxylic acids is 1. The van der Waals surface area contributed by atoms with Crippen LogP contribution in [0.25, 0.3) is 0 Å². The molecule has 0 fully saturated rings. The van der Waals surface area contributed by atoms with Crippen LogP contribution in [0.5, 0.6) is 0 Å². The smallest absolute Gasteiger partial charge is 0.279 e. The second kappa shape index (κ2) is 5.03. The van der Waals surface area contributed by atoms with Crippen LogP contribution in [-0.4, -0.2) is 12.5 Å². The lowest BCUT2D eigenvalue weighted by Crippen LogP contribution is -2.86. The van der Waals surface area contributed by atoms with Crippen LogP contribution in [0.4, 0.5) is 5.69 Å². The van der Waals surface area contributed by atoms with Crippen molar-refractivity contribution in [1.82, 2.24) is 0 Å². The summed E-state index contributed by atoms with van der Waals surface area (Å²) in [5.41, 5.74) is 3.06. The van der Waals surface area contributed by atoms with E-state index in [1.807, 2.05) is 35.6 Å². The Hall–Kier alpha value is -1.84. The molecule has 0 unspecified atom stereocenters. The first-order valence-corrected chi connectivity index (χ1v) is 6.59. The van der Waals surface area contributed by atoms with E-state index in [0.29, 0.717) is 11.6 Å². The predicted octanol–water partition coefficient (Wildman–Crippen LogP) is 1.94. The zero-order chi connectivity index (χ0) is 13.2. The summed E-state index contributed by atoms with van der Waals surface area (Å²) in [6.45, 7) is 0.409. The number of carbonyl (C=O) groups is 1. The lowest BCUT2D eigenvalue weighted by Gasteiger charge is -2.15. The van der Waals surface area contributed by atoms with Crippen LogP contribution in [0.3, 0.4) is 0 Å². The van der Waals surface area contributed by atoms with E-state index < -0.39 is 0 Å². The maximum absolute atomic E-state index is 11.7. The normalized spacial score (nSPS) is 18.4. The van der Waals surface area contributed by atoms with Gasteiger partial charge >= 0.3 is 0 Å². The second-order valence-corrected chi connectivity index (χ2v) is 5.04. The van der Waals surface area contributed by atoms with Gasteiger partial charge in [0.25, 0.3) is 5.91 Å². The maximum atomic E-state index is 11.7. The highest BCUT2D eigenvalue weighted by atomic mass is 35.5. The standard InChI is InChI=1S/C15H13ClN2O/c16-11-6-7-13-12(8-11)15(17-9-14(19)18-13)10-4-2-1-3-5-10/h1-8,15,17H,9H2,(H,18,19)/p+1/t15-/m0/s1. The largest absolute Gasteiger partial charge is 0.328 e. The lowest BCUT2D eigenvalue weighted by atomic mass is 9.97. The average molecular weight is 274 g/mol. The molecule has 4 heteroatoms. The summed E-state index contributed by atoms with van der Waals surface area (Å²) in [4.78, 5) is 11.7. The third kappa shape index (κ3) is 2.48. The minimum atomic E-state index is 0.0157. The van der Waals surface area contributed by atoms with Crippen LogP contribution in [0.15, 0.2) is 48.5 Å². The molecule has 1 amide bonds. The number of nitrogens with one attached hydrogen (secondary N) is 1. The molecule has 0 spiro atoms. The average Bonchev–Trinajstić information content (AvgIpc) is 2.58. The Bertz CT molecular complexity index is 613. The van der Waals surface area contributed by atoms with Gasteiger partial charge in [0.1, 0.15) is 6.04 Å².